The summed E-state index contributed by atoms with van der Waals surface area (Å²) in [5.41, 5.74) is -0.890. The van der Waals surface area contributed by atoms with Crippen molar-refractivity contribution in [2.45, 2.75) is 26.3 Å². The molecular weight excluding hydrogens is 163 g/mol. The second-order valence-electron chi connectivity index (χ2n) is 2.26. The Morgan fingerprint density at radius 1 is 1.27 bits per heavy atom. The van der Waals surface area contributed by atoms with Crippen molar-refractivity contribution >= 4 is 7.80 Å². The minimum Gasteiger partial charge on any atom is -0.311 e. The topological polar surface area (TPSA) is 35.5 Å². The molecule has 0 N–H and O–H groups in total. The van der Waals surface area contributed by atoms with Crippen molar-refractivity contribution in [3.05, 3.63) is 0 Å². The van der Waals surface area contributed by atoms with Crippen molar-refractivity contribution in [1.82, 2.24) is 0 Å². The molecule has 0 spiro atoms. The van der Waals surface area contributed by atoms with E-state index in [1.807, 2.05) is 13.8 Å². The van der Waals surface area contributed by atoms with Crippen molar-refractivity contribution in [2.24, 2.45) is 0 Å². The zero-order valence-corrected chi connectivity index (χ0v) is 8.48. The first-order chi connectivity index (χ1) is 5.06. The Morgan fingerprint density at radius 3 is 1.82 bits per heavy atom. The van der Waals surface area contributed by atoms with Gasteiger partial charge in [-0.2, -0.15) is 0 Å². The summed E-state index contributed by atoms with van der Waals surface area (Å²) in [6.45, 7) is 8.07. The lowest BCUT2D eigenvalue weighted by atomic mass is 10.7. The third-order valence-electron chi connectivity index (χ3n) is 1.40. The van der Waals surface area contributed by atoms with E-state index in [1.165, 1.54) is 0 Å². The Bertz CT molecular complexity index is 130. The summed E-state index contributed by atoms with van der Waals surface area (Å²) >= 11 is 0. The van der Waals surface area contributed by atoms with E-state index in [0.717, 1.165) is 0 Å². The minimum atomic E-state index is -1.45. The average molecular weight is 179 g/mol. The predicted octanol–water partition coefficient (Wildman–Crippen LogP) is 2.19. The summed E-state index contributed by atoms with van der Waals surface area (Å²) in [4.78, 5) is 0. The molecule has 0 heterocycles. The Labute approximate surface area is 68.9 Å². The zero-order valence-electron chi connectivity index (χ0n) is 7.59. The van der Waals surface area contributed by atoms with Gasteiger partial charge in [0.1, 0.15) is 6.66 Å². The molecule has 1 unspecified atom stereocenters. The fourth-order valence-corrected chi connectivity index (χ4v) is 1.38. The second kappa shape index (κ2) is 4.81. The van der Waals surface area contributed by atoms with Gasteiger partial charge in [-0.15, -0.1) is 0 Å². The molecule has 1 atom stereocenters. The Morgan fingerprint density at radius 2 is 1.64 bits per heavy atom. The maximum Gasteiger partial charge on any atom is 0.401 e. The maximum atomic E-state index is 11.1. The summed E-state index contributed by atoms with van der Waals surface area (Å²) < 4.78 is 21.6. The summed E-state index contributed by atoms with van der Waals surface area (Å²) in [7, 11) is -1.45. The van der Waals surface area contributed by atoms with E-state index in [0.29, 0.717) is 13.2 Å². The average Bonchev–Trinajstić information content (AvgIpc) is 1.88. The van der Waals surface area contributed by atoms with Crippen LogP contribution in [0.25, 0.3) is 0 Å². The van der Waals surface area contributed by atoms with Gasteiger partial charge < -0.3 is 9.47 Å². The van der Waals surface area contributed by atoms with Crippen LogP contribution < -0.4 is 0 Å². The molecule has 11 heavy (non-hydrogen) atoms. The molecule has 0 bridgehead atoms. The maximum absolute atomic E-state index is 11.1. The lowest BCUT2D eigenvalue weighted by Crippen LogP contribution is -2.28. The molecule has 0 aromatic rings. The van der Waals surface area contributed by atoms with Crippen LogP contribution >= 0.6 is 7.80 Å². The van der Waals surface area contributed by atoms with Crippen LogP contribution in [0.1, 0.15) is 20.8 Å². The monoisotopic (exact) mass is 179 g/mol. The summed E-state index contributed by atoms with van der Waals surface area (Å²) in [5.74, 6) is 0. The van der Waals surface area contributed by atoms with Crippen LogP contribution in [0.5, 0.6) is 0 Å². The van der Waals surface area contributed by atoms with Gasteiger partial charge in [-0.05, 0) is 13.8 Å². The summed E-state index contributed by atoms with van der Waals surface area (Å²) in [6, 6.07) is 0. The molecule has 0 aromatic heterocycles. The van der Waals surface area contributed by atoms with Crippen LogP contribution in [0.4, 0.5) is 0 Å². The van der Waals surface area contributed by atoms with Gasteiger partial charge in [0.2, 0.25) is 0 Å². The van der Waals surface area contributed by atoms with Crippen LogP contribution in [-0.4, -0.2) is 25.4 Å². The zero-order chi connectivity index (χ0) is 8.91. The van der Waals surface area contributed by atoms with Crippen molar-refractivity contribution in [3.8, 4) is 0 Å². The molecule has 66 valence electrons. The lowest BCUT2D eigenvalue weighted by Gasteiger charge is -2.17. The van der Waals surface area contributed by atoms with E-state index in [9.17, 15) is 4.57 Å². The highest BCUT2D eigenvalue weighted by molar-refractivity contribution is 7.45. The largest absolute Gasteiger partial charge is 0.401 e. The molecule has 0 saturated carbocycles. The van der Waals surface area contributed by atoms with E-state index >= 15 is 0 Å². The van der Waals surface area contributed by atoms with Crippen molar-refractivity contribution in [2.75, 3.05) is 19.9 Å². The normalized spacial score (nSPS) is 13.3. The number of ether oxygens (including phenoxy) is 2. The molecule has 0 rings (SSSR count). The summed E-state index contributed by atoms with van der Waals surface area (Å²) in [5, 5.41) is 0. The van der Waals surface area contributed by atoms with Crippen LogP contribution in [0.15, 0.2) is 0 Å². The second-order valence-corrected chi connectivity index (χ2v) is 4.07. The minimum absolute atomic E-state index is 0.519. The van der Waals surface area contributed by atoms with Gasteiger partial charge in [-0.1, -0.05) is 4.57 Å². The standard InChI is InChI=1S/C7H16O3P/c1-5-9-7(3,10-6-2)11(4)8/h5-6H2,1-4H3/q+1. The van der Waals surface area contributed by atoms with Gasteiger partial charge in [0.05, 0.1) is 13.2 Å². The highest BCUT2D eigenvalue weighted by Gasteiger charge is 2.42. The van der Waals surface area contributed by atoms with Gasteiger partial charge >= 0.3 is 13.3 Å². The van der Waals surface area contributed by atoms with Gasteiger partial charge in [-0.3, -0.25) is 0 Å². The molecule has 0 aliphatic rings. The van der Waals surface area contributed by atoms with E-state index < -0.39 is 13.3 Å². The predicted molar refractivity (Wildman–Crippen MR) is 45.2 cm³/mol. The molecule has 0 radical (unpaired) electrons. The molecule has 0 aliphatic carbocycles. The van der Waals surface area contributed by atoms with E-state index in [4.69, 9.17) is 9.47 Å². The van der Waals surface area contributed by atoms with Gasteiger partial charge in [-0.25, -0.2) is 0 Å². The number of rotatable bonds is 5. The molecule has 0 aliphatic heterocycles. The SMILES string of the molecule is CCOC(C)(OCC)[P+](C)=O. The molecular formula is C7H16O3P+. The Hall–Kier alpha value is 0.0200. The highest BCUT2D eigenvalue weighted by Crippen LogP contribution is 2.37. The first-order valence-electron chi connectivity index (χ1n) is 3.75. The van der Waals surface area contributed by atoms with E-state index in [2.05, 4.69) is 0 Å². The van der Waals surface area contributed by atoms with Gasteiger partial charge in [0, 0.05) is 6.92 Å². The van der Waals surface area contributed by atoms with E-state index in [-0.39, 0.29) is 0 Å². The fourth-order valence-electron chi connectivity index (χ4n) is 0.759. The summed E-state index contributed by atoms with van der Waals surface area (Å²) in [6.07, 6.45) is 0. The molecule has 3 nitrogen and oxygen atoms in total. The Kier molecular flexibility index (Phi) is 4.82. The van der Waals surface area contributed by atoms with Crippen LogP contribution in [0.2, 0.25) is 0 Å². The smallest absolute Gasteiger partial charge is 0.311 e. The van der Waals surface area contributed by atoms with E-state index in [1.54, 1.807) is 13.6 Å². The lowest BCUT2D eigenvalue weighted by molar-refractivity contribution is -0.158. The van der Waals surface area contributed by atoms with Crippen LogP contribution in [-0.2, 0) is 14.0 Å². The molecule has 0 fully saturated rings. The van der Waals surface area contributed by atoms with Gasteiger partial charge in [0.15, 0.2) is 0 Å². The van der Waals surface area contributed by atoms with Crippen molar-refractivity contribution in [3.63, 3.8) is 0 Å². The molecule has 0 amide bonds. The Balaban J connectivity index is 4.13. The fraction of sp³-hybridized carbons (Fsp3) is 1.00. The molecule has 0 aromatic carbocycles. The quantitative estimate of drug-likeness (QED) is 0.479. The van der Waals surface area contributed by atoms with Crippen molar-refractivity contribution < 1.29 is 14.0 Å². The van der Waals surface area contributed by atoms with Crippen LogP contribution in [0, 0.1) is 0 Å². The molecule has 0 saturated heterocycles. The third-order valence-corrected chi connectivity index (χ3v) is 2.80. The third kappa shape index (κ3) is 3.28. The molecule has 4 heteroatoms. The number of hydrogen-bond donors (Lipinski definition) is 0. The number of hydrogen-bond acceptors (Lipinski definition) is 3. The first kappa shape index (κ1) is 11.0. The van der Waals surface area contributed by atoms with Gasteiger partial charge in [0.25, 0.3) is 0 Å². The highest BCUT2D eigenvalue weighted by atomic mass is 31.1. The first-order valence-corrected chi connectivity index (χ1v) is 5.46. The van der Waals surface area contributed by atoms with Crippen LogP contribution in [0.3, 0.4) is 0 Å². The van der Waals surface area contributed by atoms with Crippen molar-refractivity contribution in [1.29, 1.82) is 0 Å².